The first-order valence-corrected chi connectivity index (χ1v) is 5.39. The van der Waals surface area contributed by atoms with E-state index in [0.717, 1.165) is 19.3 Å². The molecule has 1 saturated heterocycles. The normalized spacial score (nSPS) is 28.1. The number of nitrogens with one attached hydrogen (secondary N) is 1. The maximum absolute atomic E-state index is 11.5. The van der Waals surface area contributed by atoms with Crippen LogP contribution in [0.5, 0.6) is 0 Å². The Morgan fingerprint density at radius 1 is 1.29 bits per heavy atom. The molecule has 1 atom stereocenters. The highest BCUT2D eigenvalue weighted by Gasteiger charge is 2.25. The Hall–Kier alpha value is -0.610. The lowest BCUT2D eigenvalue weighted by Crippen LogP contribution is -2.33. The first-order valence-electron chi connectivity index (χ1n) is 5.39. The third-order valence-corrected chi connectivity index (χ3v) is 2.93. The van der Waals surface area contributed by atoms with Crippen molar-refractivity contribution in [1.82, 2.24) is 5.48 Å². The van der Waals surface area contributed by atoms with Gasteiger partial charge >= 0.3 is 0 Å². The molecular weight excluding hydrogens is 182 g/mol. The van der Waals surface area contributed by atoms with Gasteiger partial charge in [0.05, 0.1) is 18.6 Å². The molecule has 0 aromatic rings. The van der Waals surface area contributed by atoms with Crippen molar-refractivity contribution in [2.75, 3.05) is 13.2 Å². The van der Waals surface area contributed by atoms with Crippen LogP contribution >= 0.6 is 0 Å². The molecule has 80 valence electrons. The quantitative estimate of drug-likeness (QED) is 0.690. The molecule has 2 rings (SSSR count). The highest BCUT2D eigenvalue weighted by atomic mass is 16.7. The zero-order chi connectivity index (χ0) is 9.80. The van der Waals surface area contributed by atoms with Crippen molar-refractivity contribution < 1.29 is 14.4 Å². The third-order valence-electron chi connectivity index (χ3n) is 2.93. The molecule has 1 aliphatic carbocycles. The minimum absolute atomic E-state index is 0.00333. The lowest BCUT2D eigenvalue weighted by Gasteiger charge is -2.13. The fourth-order valence-corrected chi connectivity index (χ4v) is 1.97. The molecule has 1 saturated carbocycles. The second-order valence-corrected chi connectivity index (χ2v) is 4.05. The lowest BCUT2D eigenvalue weighted by molar-refractivity contribution is -0.142. The molecule has 1 amide bonds. The number of hydroxylamine groups is 1. The number of ether oxygens (including phenoxy) is 1. The molecule has 14 heavy (non-hydrogen) atoms. The maximum atomic E-state index is 11.5. The molecule has 1 aliphatic heterocycles. The van der Waals surface area contributed by atoms with Crippen LogP contribution in [0.25, 0.3) is 0 Å². The summed E-state index contributed by atoms with van der Waals surface area (Å²) in [6, 6.07) is 0. The summed E-state index contributed by atoms with van der Waals surface area (Å²) in [5, 5.41) is 0. The van der Waals surface area contributed by atoms with Gasteiger partial charge in [-0.3, -0.25) is 9.63 Å². The number of carbonyl (C=O) groups is 1. The molecule has 2 aliphatic rings. The Labute approximate surface area is 83.9 Å². The summed E-state index contributed by atoms with van der Waals surface area (Å²) in [4.78, 5) is 16.8. The summed E-state index contributed by atoms with van der Waals surface area (Å²) in [6.07, 6.45) is 5.63. The monoisotopic (exact) mass is 199 g/mol. The Morgan fingerprint density at radius 2 is 2.07 bits per heavy atom. The molecule has 4 nitrogen and oxygen atoms in total. The summed E-state index contributed by atoms with van der Waals surface area (Å²) in [6.45, 7) is 1.24. The molecule has 0 radical (unpaired) electrons. The summed E-state index contributed by atoms with van der Waals surface area (Å²) >= 11 is 0. The van der Waals surface area contributed by atoms with E-state index >= 15 is 0 Å². The average Bonchev–Trinajstić information content (AvgIpc) is 2.87. The van der Waals surface area contributed by atoms with Gasteiger partial charge in [-0.05, 0) is 19.3 Å². The number of rotatable bonds is 3. The fourth-order valence-electron chi connectivity index (χ4n) is 1.97. The second kappa shape index (κ2) is 4.75. The number of hydrogen-bond donors (Lipinski definition) is 1. The van der Waals surface area contributed by atoms with E-state index in [4.69, 9.17) is 9.57 Å². The minimum Gasteiger partial charge on any atom is -0.381 e. The van der Waals surface area contributed by atoms with Crippen LogP contribution in [0.2, 0.25) is 0 Å². The van der Waals surface area contributed by atoms with Crippen molar-refractivity contribution in [2.24, 2.45) is 5.92 Å². The predicted molar refractivity (Wildman–Crippen MR) is 50.4 cm³/mol. The highest BCUT2D eigenvalue weighted by molar-refractivity contribution is 5.77. The van der Waals surface area contributed by atoms with Crippen molar-refractivity contribution in [3.8, 4) is 0 Å². The smallest absolute Gasteiger partial charge is 0.249 e. The van der Waals surface area contributed by atoms with Crippen LogP contribution < -0.4 is 5.48 Å². The first-order chi connectivity index (χ1) is 6.86. The Kier molecular flexibility index (Phi) is 3.37. The van der Waals surface area contributed by atoms with Gasteiger partial charge in [0.1, 0.15) is 0 Å². The summed E-state index contributed by atoms with van der Waals surface area (Å²) < 4.78 is 5.13. The molecule has 2 fully saturated rings. The van der Waals surface area contributed by atoms with Crippen molar-refractivity contribution in [2.45, 2.75) is 38.2 Å². The van der Waals surface area contributed by atoms with Crippen LogP contribution in [0.4, 0.5) is 0 Å². The van der Waals surface area contributed by atoms with Crippen molar-refractivity contribution in [3.63, 3.8) is 0 Å². The molecule has 1 heterocycles. The van der Waals surface area contributed by atoms with Crippen LogP contribution in [0.15, 0.2) is 0 Å². The van der Waals surface area contributed by atoms with Crippen LogP contribution in [0.1, 0.15) is 32.1 Å². The minimum atomic E-state index is -0.0191. The molecule has 0 bridgehead atoms. The van der Waals surface area contributed by atoms with Gasteiger partial charge in [-0.2, -0.15) is 0 Å². The van der Waals surface area contributed by atoms with Crippen LogP contribution in [-0.2, 0) is 14.4 Å². The van der Waals surface area contributed by atoms with Crippen molar-refractivity contribution in [3.05, 3.63) is 0 Å². The summed E-state index contributed by atoms with van der Waals surface area (Å²) in [7, 11) is 0. The lowest BCUT2D eigenvalue weighted by atomic mass is 10.1. The van der Waals surface area contributed by atoms with E-state index in [0.29, 0.717) is 13.2 Å². The van der Waals surface area contributed by atoms with Crippen molar-refractivity contribution in [1.29, 1.82) is 0 Å². The number of amides is 1. The van der Waals surface area contributed by atoms with Gasteiger partial charge in [0.25, 0.3) is 0 Å². The highest BCUT2D eigenvalue weighted by Crippen LogP contribution is 2.20. The molecule has 1 N–H and O–H groups in total. The second-order valence-electron chi connectivity index (χ2n) is 4.05. The molecule has 0 aromatic heterocycles. The Morgan fingerprint density at radius 3 is 2.71 bits per heavy atom. The van der Waals surface area contributed by atoms with Crippen LogP contribution in [-0.4, -0.2) is 25.2 Å². The zero-order valence-corrected chi connectivity index (χ0v) is 8.33. The van der Waals surface area contributed by atoms with Gasteiger partial charge in [-0.15, -0.1) is 0 Å². The zero-order valence-electron chi connectivity index (χ0n) is 8.33. The van der Waals surface area contributed by atoms with Crippen LogP contribution in [0.3, 0.4) is 0 Å². The van der Waals surface area contributed by atoms with Gasteiger partial charge in [0.15, 0.2) is 0 Å². The van der Waals surface area contributed by atoms with Gasteiger partial charge < -0.3 is 4.74 Å². The molecular formula is C10H17NO3. The fraction of sp³-hybridized carbons (Fsp3) is 0.900. The molecule has 1 unspecified atom stereocenters. The standard InChI is InChI=1S/C10H17NO3/c12-10(8-5-6-13-7-8)11-14-9-3-1-2-4-9/h8-9H,1-7H2,(H,11,12). The molecule has 0 spiro atoms. The SMILES string of the molecule is O=C(NOC1CCCC1)C1CCOC1. The number of carbonyl (C=O) groups excluding carboxylic acids is 1. The van der Waals surface area contributed by atoms with Crippen molar-refractivity contribution >= 4 is 5.91 Å². The summed E-state index contributed by atoms with van der Waals surface area (Å²) in [5.74, 6) is -0.0224. The largest absolute Gasteiger partial charge is 0.381 e. The predicted octanol–water partition coefficient (Wildman–Crippen LogP) is 1.01. The Bertz CT molecular complexity index is 196. The van der Waals surface area contributed by atoms with E-state index in [1.54, 1.807) is 0 Å². The van der Waals surface area contributed by atoms with Crippen LogP contribution in [0, 0.1) is 5.92 Å². The molecule has 0 aromatic carbocycles. The van der Waals surface area contributed by atoms with E-state index in [9.17, 15) is 4.79 Å². The van der Waals surface area contributed by atoms with Gasteiger partial charge in [-0.1, -0.05) is 12.8 Å². The average molecular weight is 199 g/mol. The third kappa shape index (κ3) is 2.45. The van der Waals surface area contributed by atoms with E-state index in [2.05, 4.69) is 5.48 Å². The van der Waals surface area contributed by atoms with E-state index in [1.807, 2.05) is 0 Å². The van der Waals surface area contributed by atoms with E-state index in [-0.39, 0.29) is 17.9 Å². The maximum Gasteiger partial charge on any atom is 0.249 e. The summed E-state index contributed by atoms with van der Waals surface area (Å²) in [5.41, 5.74) is 2.55. The van der Waals surface area contributed by atoms with Gasteiger partial charge in [0, 0.05) is 6.61 Å². The molecule has 4 heteroatoms. The first kappa shape index (κ1) is 9.93. The van der Waals surface area contributed by atoms with E-state index < -0.39 is 0 Å². The number of hydrogen-bond acceptors (Lipinski definition) is 3. The van der Waals surface area contributed by atoms with Gasteiger partial charge in [-0.25, -0.2) is 5.48 Å². The van der Waals surface area contributed by atoms with Gasteiger partial charge in [0.2, 0.25) is 5.91 Å². The van der Waals surface area contributed by atoms with E-state index in [1.165, 1.54) is 12.8 Å². The Balaban J connectivity index is 1.66. The topological polar surface area (TPSA) is 47.6 Å².